The highest BCUT2D eigenvalue weighted by Gasteiger charge is 2.26. The summed E-state index contributed by atoms with van der Waals surface area (Å²) in [5.74, 6) is 0. The van der Waals surface area contributed by atoms with Gasteiger partial charge in [-0.3, -0.25) is 4.90 Å². The van der Waals surface area contributed by atoms with Crippen LogP contribution in [0.15, 0.2) is 0 Å². The lowest BCUT2D eigenvalue weighted by molar-refractivity contribution is 0.00885. The SMILES string of the molecule is C[C@H]1CCCCN1C1CCOCC1. The number of hydrogen-bond acceptors (Lipinski definition) is 2. The van der Waals surface area contributed by atoms with Gasteiger partial charge in [0.25, 0.3) is 0 Å². The number of ether oxygens (including phenoxy) is 1. The Morgan fingerprint density at radius 2 is 1.85 bits per heavy atom. The van der Waals surface area contributed by atoms with E-state index in [1.165, 1.54) is 38.6 Å². The number of likely N-dealkylation sites (tertiary alicyclic amines) is 1. The van der Waals surface area contributed by atoms with E-state index in [1.807, 2.05) is 0 Å². The first-order chi connectivity index (χ1) is 6.38. The van der Waals surface area contributed by atoms with Gasteiger partial charge in [-0.2, -0.15) is 0 Å². The summed E-state index contributed by atoms with van der Waals surface area (Å²) in [4.78, 5) is 2.71. The predicted octanol–water partition coefficient (Wildman–Crippen LogP) is 2.04. The highest BCUT2D eigenvalue weighted by Crippen LogP contribution is 2.23. The van der Waals surface area contributed by atoms with Crippen molar-refractivity contribution in [2.45, 2.75) is 51.1 Å². The van der Waals surface area contributed by atoms with Crippen LogP contribution in [0, 0.1) is 0 Å². The highest BCUT2D eigenvalue weighted by molar-refractivity contribution is 4.81. The van der Waals surface area contributed by atoms with Crippen molar-refractivity contribution in [3.05, 3.63) is 0 Å². The number of rotatable bonds is 1. The van der Waals surface area contributed by atoms with Crippen molar-refractivity contribution in [2.75, 3.05) is 19.8 Å². The molecule has 0 N–H and O–H groups in total. The van der Waals surface area contributed by atoms with E-state index >= 15 is 0 Å². The molecule has 2 saturated heterocycles. The second-order valence-electron chi connectivity index (χ2n) is 4.43. The minimum Gasteiger partial charge on any atom is -0.381 e. The van der Waals surface area contributed by atoms with Crippen LogP contribution in [-0.4, -0.2) is 36.7 Å². The molecule has 0 bridgehead atoms. The van der Waals surface area contributed by atoms with E-state index in [0.29, 0.717) is 0 Å². The van der Waals surface area contributed by atoms with Crippen molar-refractivity contribution in [1.82, 2.24) is 4.90 Å². The molecule has 0 saturated carbocycles. The number of hydrogen-bond donors (Lipinski definition) is 0. The summed E-state index contributed by atoms with van der Waals surface area (Å²) >= 11 is 0. The summed E-state index contributed by atoms with van der Waals surface area (Å²) in [7, 11) is 0. The Bertz CT molecular complexity index is 154. The Morgan fingerprint density at radius 3 is 2.54 bits per heavy atom. The van der Waals surface area contributed by atoms with E-state index in [1.54, 1.807) is 0 Å². The van der Waals surface area contributed by atoms with Crippen LogP contribution in [-0.2, 0) is 4.74 Å². The zero-order chi connectivity index (χ0) is 9.10. The third-order valence-electron chi connectivity index (χ3n) is 3.51. The van der Waals surface area contributed by atoms with Gasteiger partial charge in [0.2, 0.25) is 0 Å². The Balaban J connectivity index is 1.88. The molecule has 2 aliphatic rings. The largest absolute Gasteiger partial charge is 0.381 e. The van der Waals surface area contributed by atoms with Crippen LogP contribution >= 0.6 is 0 Å². The lowest BCUT2D eigenvalue weighted by Crippen LogP contribution is -2.47. The average Bonchev–Trinajstić information content (AvgIpc) is 2.20. The van der Waals surface area contributed by atoms with E-state index in [-0.39, 0.29) is 0 Å². The lowest BCUT2D eigenvalue weighted by atomic mass is 9.98. The smallest absolute Gasteiger partial charge is 0.0480 e. The molecule has 0 aliphatic carbocycles. The van der Waals surface area contributed by atoms with E-state index in [9.17, 15) is 0 Å². The third-order valence-corrected chi connectivity index (χ3v) is 3.51. The Hall–Kier alpha value is -0.0800. The van der Waals surface area contributed by atoms with Gasteiger partial charge in [-0.15, -0.1) is 0 Å². The van der Waals surface area contributed by atoms with Gasteiger partial charge >= 0.3 is 0 Å². The van der Waals surface area contributed by atoms with Gasteiger partial charge in [-0.25, -0.2) is 0 Å². The van der Waals surface area contributed by atoms with Crippen LogP contribution in [0.3, 0.4) is 0 Å². The standard InChI is InChI=1S/C11H21NO/c1-10-4-2-3-7-12(10)11-5-8-13-9-6-11/h10-11H,2-9H2,1H3/t10-/m0/s1. The van der Waals surface area contributed by atoms with E-state index in [0.717, 1.165) is 25.3 Å². The first kappa shape index (κ1) is 9.47. The molecule has 0 radical (unpaired) electrons. The fourth-order valence-corrected chi connectivity index (χ4v) is 2.68. The molecule has 13 heavy (non-hydrogen) atoms. The molecule has 2 nitrogen and oxygen atoms in total. The molecule has 2 heterocycles. The quantitative estimate of drug-likeness (QED) is 0.617. The van der Waals surface area contributed by atoms with Crippen LogP contribution in [0.5, 0.6) is 0 Å². The van der Waals surface area contributed by atoms with E-state index < -0.39 is 0 Å². The molecular formula is C11H21NO. The molecule has 0 aromatic rings. The molecule has 2 rings (SSSR count). The first-order valence-electron chi connectivity index (χ1n) is 5.71. The van der Waals surface area contributed by atoms with Crippen molar-refractivity contribution in [3.8, 4) is 0 Å². The average molecular weight is 183 g/mol. The van der Waals surface area contributed by atoms with Gasteiger partial charge in [0.15, 0.2) is 0 Å². The maximum atomic E-state index is 5.40. The third kappa shape index (κ3) is 2.23. The summed E-state index contributed by atoms with van der Waals surface area (Å²) in [6, 6.07) is 1.64. The van der Waals surface area contributed by atoms with Gasteiger partial charge in [0.05, 0.1) is 0 Å². The van der Waals surface area contributed by atoms with Crippen molar-refractivity contribution in [3.63, 3.8) is 0 Å². The molecule has 2 aliphatic heterocycles. The fraction of sp³-hybridized carbons (Fsp3) is 1.00. The predicted molar refractivity (Wildman–Crippen MR) is 53.9 cm³/mol. The molecule has 2 fully saturated rings. The van der Waals surface area contributed by atoms with Crippen LogP contribution < -0.4 is 0 Å². The molecule has 0 aromatic carbocycles. The van der Waals surface area contributed by atoms with Crippen LogP contribution in [0.1, 0.15) is 39.0 Å². The van der Waals surface area contributed by atoms with Gasteiger partial charge in [-0.05, 0) is 39.2 Å². The van der Waals surface area contributed by atoms with Gasteiger partial charge in [0.1, 0.15) is 0 Å². The van der Waals surface area contributed by atoms with Gasteiger partial charge < -0.3 is 4.74 Å². The highest BCUT2D eigenvalue weighted by atomic mass is 16.5. The molecule has 0 unspecified atom stereocenters. The van der Waals surface area contributed by atoms with Crippen LogP contribution in [0.2, 0.25) is 0 Å². The van der Waals surface area contributed by atoms with Crippen molar-refractivity contribution in [2.24, 2.45) is 0 Å². The maximum absolute atomic E-state index is 5.40. The normalized spacial score (nSPS) is 33.5. The van der Waals surface area contributed by atoms with Gasteiger partial charge in [0, 0.05) is 25.3 Å². The van der Waals surface area contributed by atoms with Crippen molar-refractivity contribution in [1.29, 1.82) is 0 Å². The molecule has 2 heteroatoms. The monoisotopic (exact) mass is 183 g/mol. The van der Waals surface area contributed by atoms with E-state index in [4.69, 9.17) is 4.74 Å². The van der Waals surface area contributed by atoms with Crippen LogP contribution in [0.4, 0.5) is 0 Å². The zero-order valence-corrected chi connectivity index (χ0v) is 8.67. The second-order valence-corrected chi connectivity index (χ2v) is 4.43. The van der Waals surface area contributed by atoms with Crippen molar-refractivity contribution < 1.29 is 4.74 Å². The van der Waals surface area contributed by atoms with Gasteiger partial charge in [-0.1, -0.05) is 6.42 Å². The Labute approximate surface area is 81.3 Å². The summed E-state index contributed by atoms with van der Waals surface area (Å²) in [6.45, 7) is 5.67. The molecule has 0 aromatic heterocycles. The summed E-state index contributed by atoms with van der Waals surface area (Å²) < 4.78 is 5.40. The summed E-state index contributed by atoms with van der Waals surface area (Å²) in [6.07, 6.45) is 6.74. The second kappa shape index (κ2) is 4.43. The summed E-state index contributed by atoms with van der Waals surface area (Å²) in [5, 5.41) is 0. The van der Waals surface area contributed by atoms with Crippen LogP contribution in [0.25, 0.3) is 0 Å². The summed E-state index contributed by atoms with van der Waals surface area (Å²) in [5.41, 5.74) is 0. The molecule has 0 amide bonds. The molecule has 0 spiro atoms. The Kier molecular flexibility index (Phi) is 3.23. The lowest BCUT2D eigenvalue weighted by Gasteiger charge is -2.41. The fourth-order valence-electron chi connectivity index (χ4n) is 2.68. The maximum Gasteiger partial charge on any atom is 0.0480 e. The first-order valence-corrected chi connectivity index (χ1v) is 5.71. The topological polar surface area (TPSA) is 12.5 Å². The number of nitrogens with zero attached hydrogens (tertiary/aromatic N) is 1. The van der Waals surface area contributed by atoms with E-state index in [2.05, 4.69) is 11.8 Å². The number of piperidine rings is 1. The zero-order valence-electron chi connectivity index (χ0n) is 8.67. The molecule has 76 valence electrons. The molecular weight excluding hydrogens is 162 g/mol. The van der Waals surface area contributed by atoms with Crippen molar-refractivity contribution >= 4 is 0 Å². The Morgan fingerprint density at radius 1 is 1.08 bits per heavy atom. The minimum atomic E-state index is 0.817. The molecule has 1 atom stereocenters. The minimum absolute atomic E-state index is 0.817.